The van der Waals surface area contributed by atoms with E-state index in [1.165, 1.54) is 4.31 Å². The van der Waals surface area contributed by atoms with E-state index in [1.807, 2.05) is 19.1 Å². The molecule has 22 heavy (non-hydrogen) atoms. The number of pyridine rings is 1. The lowest BCUT2D eigenvalue weighted by Crippen LogP contribution is -2.46. The highest BCUT2D eigenvalue weighted by atomic mass is 32.2. The van der Waals surface area contributed by atoms with Gasteiger partial charge in [0, 0.05) is 25.5 Å². The normalized spacial score (nSPS) is 19.2. The molecule has 0 spiro atoms. The highest BCUT2D eigenvalue weighted by Gasteiger charge is 2.37. The Morgan fingerprint density at radius 2 is 2.32 bits per heavy atom. The van der Waals surface area contributed by atoms with Crippen molar-refractivity contribution in [2.45, 2.75) is 38.6 Å². The van der Waals surface area contributed by atoms with Crippen molar-refractivity contribution in [2.24, 2.45) is 0 Å². The zero-order chi connectivity index (χ0) is 16.0. The summed E-state index contributed by atoms with van der Waals surface area (Å²) in [6.45, 7) is 2.77. The molecule has 1 fully saturated rings. The summed E-state index contributed by atoms with van der Waals surface area (Å²) in [6.07, 6.45) is 6.06. The topological polar surface area (TPSA) is 79.4 Å². The molecule has 0 aliphatic carbocycles. The Bertz CT molecular complexity index is 589. The van der Waals surface area contributed by atoms with Crippen molar-refractivity contribution in [2.75, 3.05) is 18.8 Å². The Morgan fingerprint density at radius 3 is 3.00 bits per heavy atom. The lowest BCUT2D eigenvalue weighted by molar-refractivity contribution is -0.124. The Labute approximate surface area is 132 Å². The fourth-order valence-corrected chi connectivity index (χ4v) is 4.45. The van der Waals surface area contributed by atoms with E-state index < -0.39 is 16.1 Å². The Kier molecular flexibility index (Phi) is 5.90. The van der Waals surface area contributed by atoms with Gasteiger partial charge in [0.25, 0.3) is 0 Å². The molecule has 1 atom stereocenters. The van der Waals surface area contributed by atoms with Crippen molar-refractivity contribution in [3.63, 3.8) is 0 Å². The standard InChI is InChI=1S/C15H23N3O3S/c1-2-11-22(20,21)18-10-4-6-14(18)15(19)17-9-7-13-5-3-8-16-12-13/h3,5,8,12,14H,2,4,6-7,9-11H2,1H3,(H,17,19). The van der Waals surface area contributed by atoms with Gasteiger partial charge in [-0.25, -0.2) is 8.42 Å². The van der Waals surface area contributed by atoms with Crippen molar-refractivity contribution in [3.05, 3.63) is 30.1 Å². The van der Waals surface area contributed by atoms with E-state index in [0.717, 1.165) is 12.0 Å². The lowest BCUT2D eigenvalue weighted by atomic mass is 10.2. The second-order valence-corrected chi connectivity index (χ2v) is 7.53. The smallest absolute Gasteiger partial charge is 0.238 e. The average molecular weight is 325 g/mol. The molecule has 1 N–H and O–H groups in total. The molecule has 7 heteroatoms. The van der Waals surface area contributed by atoms with Crippen LogP contribution in [0.5, 0.6) is 0 Å². The van der Waals surface area contributed by atoms with E-state index in [4.69, 9.17) is 0 Å². The Hall–Kier alpha value is -1.47. The summed E-state index contributed by atoms with van der Waals surface area (Å²) < 4.78 is 25.7. The lowest BCUT2D eigenvalue weighted by Gasteiger charge is -2.23. The fourth-order valence-electron chi connectivity index (χ4n) is 2.70. The molecule has 1 aromatic rings. The molecule has 1 aliphatic rings. The third kappa shape index (κ3) is 4.27. The van der Waals surface area contributed by atoms with E-state index in [9.17, 15) is 13.2 Å². The predicted molar refractivity (Wildman–Crippen MR) is 84.8 cm³/mol. The summed E-state index contributed by atoms with van der Waals surface area (Å²) in [5.41, 5.74) is 1.05. The van der Waals surface area contributed by atoms with Crippen molar-refractivity contribution in [1.82, 2.24) is 14.6 Å². The minimum Gasteiger partial charge on any atom is -0.354 e. The monoisotopic (exact) mass is 325 g/mol. The summed E-state index contributed by atoms with van der Waals surface area (Å²) in [5.74, 6) is -0.0898. The summed E-state index contributed by atoms with van der Waals surface area (Å²) in [4.78, 5) is 16.3. The molecule has 1 saturated heterocycles. The molecule has 6 nitrogen and oxygen atoms in total. The molecule has 0 saturated carbocycles. The number of hydrogen-bond acceptors (Lipinski definition) is 4. The minimum atomic E-state index is -3.32. The van der Waals surface area contributed by atoms with E-state index in [-0.39, 0.29) is 11.7 Å². The first kappa shape index (κ1) is 16.9. The average Bonchev–Trinajstić information content (AvgIpc) is 2.98. The Morgan fingerprint density at radius 1 is 1.50 bits per heavy atom. The molecule has 1 aromatic heterocycles. The molecule has 1 unspecified atom stereocenters. The maximum absolute atomic E-state index is 12.3. The largest absolute Gasteiger partial charge is 0.354 e. The van der Waals surface area contributed by atoms with Crippen molar-refractivity contribution < 1.29 is 13.2 Å². The summed E-state index contributed by atoms with van der Waals surface area (Å²) >= 11 is 0. The molecule has 1 aliphatic heterocycles. The van der Waals surface area contributed by atoms with Crippen LogP contribution in [0.2, 0.25) is 0 Å². The summed E-state index contributed by atoms with van der Waals surface area (Å²) in [7, 11) is -3.32. The van der Waals surface area contributed by atoms with E-state index in [2.05, 4.69) is 10.3 Å². The van der Waals surface area contributed by atoms with Crippen molar-refractivity contribution in [3.8, 4) is 0 Å². The van der Waals surface area contributed by atoms with Gasteiger partial charge >= 0.3 is 0 Å². The third-order valence-electron chi connectivity index (χ3n) is 3.76. The van der Waals surface area contributed by atoms with Crippen LogP contribution in [-0.4, -0.2) is 48.5 Å². The van der Waals surface area contributed by atoms with Gasteiger partial charge < -0.3 is 5.32 Å². The zero-order valence-electron chi connectivity index (χ0n) is 12.9. The van der Waals surface area contributed by atoms with E-state index in [1.54, 1.807) is 12.4 Å². The van der Waals surface area contributed by atoms with Crippen LogP contribution in [0.4, 0.5) is 0 Å². The molecule has 122 valence electrons. The SMILES string of the molecule is CCCS(=O)(=O)N1CCCC1C(=O)NCCc1cccnc1. The van der Waals surface area contributed by atoms with Gasteiger partial charge in [-0.05, 0) is 37.3 Å². The van der Waals surface area contributed by atoms with Gasteiger partial charge in [0.05, 0.1) is 5.75 Å². The molecule has 0 bridgehead atoms. The number of rotatable bonds is 7. The van der Waals surface area contributed by atoms with Crippen LogP contribution in [-0.2, 0) is 21.2 Å². The van der Waals surface area contributed by atoms with Crippen LogP contribution >= 0.6 is 0 Å². The van der Waals surface area contributed by atoms with Crippen LogP contribution in [0.3, 0.4) is 0 Å². The fraction of sp³-hybridized carbons (Fsp3) is 0.600. The number of aromatic nitrogens is 1. The van der Waals surface area contributed by atoms with Gasteiger partial charge in [0.1, 0.15) is 6.04 Å². The maximum Gasteiger partial charge on any atom is 0.238 e. The van der Waals surface area contributed by atoms with Crippen LogP contribution in [0.1, 0.15) is 31.7 Å². The van der Waals surface area contributed by atoms with E-state index >= 15 is 0 Å². The van der Waals surface area contributed by atoms with Crippen LogP contribution in [0.15, 0.2) is 24.5 Å². The zero-order valence-corrected chi connectivity index (χ0v) is 13.7. The first-order valence-corrected chi connectivity index (χ1v) is 9.31. The van der Waals surface area contributed by atoms with Crippen molar-refractivity contribution >= 4 is 15.9 Å². The highest BCUT2D eigenvalue weighted by molar-refractivity contribution is 7.89. The van der Waals surface area contributed by atoms with Gasteiger partial charge in [-0.3, -0.25) is 9.78 Å². The maximum atomic E-state index is 12.3. The second-order valence-electron chi connectivity index (χ2n) is 5.49. The quantitative estimate of drug-likeness (QED) is 0.809. The molecule has 2 heterocycles. The number of carbonyl (C=O) groups is 1. The molecule has 2 rings (SSSR count). The number of nitrogens with zero attached hydrogens (tertiary/aromatic N) is 2. The predicted octanol–water partition coefficient (Wildman–Crippen LogP) is 0.944. The third-order valence-corrected chi connectivity index (χ3v) is 5.84. The number of nitrogens with one attached hydrogen (secondary N) is 1. The molecule has 0 radical (unpaired) electrons. The summed E-state index contributed by atoms with van der Waals surface area (Å²) in [6, 6.07) is 3.25. The molecular formula is C15H23N3O3S. The van der Waals surface area contributed by atoms with Gasteiger partial charge in [0.2, 0.25) is 15.9 Å². The Balaban J connectivity index is 1.88. The van der Waals surface area contributed by atoms with Crippen LogP contribution in [0.25, 0.3) is 0 Å². The van der Waals surface area contributed by atoms with Crippen LogP contribution in [0, 0.1) is 0 Å². The first-order chi connectivity index (χ1) is 10.5. The minimum absolute atomic E-state index is 0.104. The number of carbonyl (C=O) groups excluding carboxylic acids is 1. The highest BCUT2D eigenvalue weighted by Crippen LogP contribution is 2.22. The van der Waals surface area contributed by atoms with Crippen LogP contribution < -0.4 is 5.32 Å². The molecule has 1 amide bonds. The van der Waals surface area contributed by atoms with Crippen molar-refractivity contribution in [1.29, 1.82) is 0 Å². The number of sulfonamides is 1. The number of hydrogen-bond donors (Lipinski definition) is 1. The summed E-state index contributed by atoms with van der Waals surface area (Å²) in [5, 5.41) is 2.84. The second kappa shape index (κ2) is 7.69. The van der Waals surface area contributed by atoms with Gasteiger partial charge in [-0.1, -0.05) is 13.0 Å². The number of amides is 1. The van der Waals surface area contributed by atoms with Gasteiger partial charge in [-0.2, -0.15) is 4.31 Å². The van der Waals surface area contributed by atoms with Gasteiger partial charge in [0.15, 0.2) is 0 Å². The molecular weight excluding hydrogens is 302 g/mol. The van der Waals surface area contributed by atoms with Gasteiger partial charge in [-0.15, -0.1) is 0 Å². The molecule has 0 aromatic carbocycles. The first-order valence-electron chi connectivity index (χ1n) is 7.70. The van der Waals surface area contributed by atoms with E-state index in [0.29, 0.717) is 32.4 Å².